The molecule has 1 unspecified atom stereocenters. The number of nitrogens with one attached hydrogen (secondary N) is 2. The summed E-state index contributed by atoms with van der Waals surface area (Å²) in [5.74, 6) is -1.13. The Hall–Kier alpha value is -2.13. The monoisotopic (exact) mass is 497 g/mol. The number of rotatable bonds is 15. The van der Waals surface area contributed by atoms with E-state index in [0.29, 0.717) is 45.4 Å². The Balaban J connectivity index is 2.54. The van der Waals surface area contributed by atoms with E-state index in [-0.39, 0.29) is 12.0 Å². The third kappa shape index (κ3) is 13.5. The molecule has 0 heterocycles. The van der Waals surface area contributed by atoms with Gasteiger partial charge in [0, 0.05) is 13.2 Å². The molecule has 1 rings (SSSR count). The second kappa shape index (κ2) is 15.8. The summed E-state index contributed by atoms with van der Waals surface area (Å²) in [6, 6.07) is -0.702. The molecule has 1 aliphatic carbocycles. The maximum absolute atomic E-state index is 12.8. The molecule has 2 amide bonds. The molecule has 35 heavy (non-hydrogen) atoms. The van der Waals surface area contributed by atoms with Crippen LogP contribution < -0.4 is 16.4 Å². The predicted molar refractivity (Wildman–Crippen MR) is 136 cm³/mol. The van der Waals surface area contributed by atoms with Gasteiger partial charge in [-0.05, 0) is 98.1 Å². The van der Waals surface area contributed by atoms with E-state index in [2.05, 4.69) is 16.7 Å². The Bertz CT molecular complexity index is 693. The minimum absolute atomic E-state index is 0.269. The lowest BCUT2D eigenvalue weighted by Gasteiger charge is -2.28. The number of carbonyl (C=O) groups excluding carboxylic acids is 2. The fourth-order valence-corrected chi connectivity index (χ4v) is 3.67. The van der Waals surface area contributed by atoms with Crippen LogP contribution in [0.5, 0.6) is 0 Å². The highest BCUT2D eigenvalue weighted by molar-refractivity contribution is 5.85. The molecule has 0 aliphatic heterocycles. The number of carboxylic acid groups (broad SMARTS) is 1. The number of amides is 2. The second-order valence-electron chi connectivity index (χ2n) is 10.6. The average molecular weight is 498 g/mol. The highest BCUT2D eigenvalue weighted by Crippen LogP contribution is 2.23. The quantitative estimate of drug-likeness (QED) is 0.199. The fraction of sp³-hybridized carbons (Fsp3) is 0.808. The molecule has 0 spiro atoms. The number of hydrogen-bond acceptors (Lipinski definition) is 6. The summed E-state index contributed by atoms with van der Waals surface area (Å²) in [7, 11) is 0. The van der Waals surface area contributed by atoms with Gasteiger partial charge in [-0.1, -0.05) is 12.5 Å². The van der Waals surface area contributed by atoms with Crippen molar-refractivity contribution in [2.24, 2.45) is 11.1 Å². The van der Waals surface area contributed by atoms with Crippen molar-refractivity contribution >= 4 is 18.0 Å². The van der Waals surface area contributed by atoms with Crippen molar-refractivity contribution in [1.29, 1.82) is 0 Å². The molecule has 0 radical (unpaired) electrons. The topological polar surface area (TPSA) is 140 Å². The number of allylic oxidation sites excluding steroid dienone is 1. The van der Waals surface area contributed by atoms with Crippen LogP contribution in [-0.2, 0) is 19.1 Å². The number of nitrogens with two attached hydrogens (primary N) is 1. The van der Waals surface area contributed by atoms with E-state index in [1.807, 2.05) is 19.9 Å². The van der Waals surface area contributed by atoms with Crippen molar-refractivity contribution < 1.29 is 29.0 Å². The molecule has 0 aromatic heterocycles. The van der Waals surface area contributed by atoms with Gasteiger partial charge >= 0.3 is 12.1 Å². The summed E-state index contributed by atoms with van der Waals surface area (Å²) in [4.78, 5) is 36.6. The van der Waals surface area contributed by atoms with Gasteiger partial charge < -0.3 is 30.9 Å². The molecular formula is C26H47N3O6. The average Bonchev–Trinajstić information content (AvgIpc) is 2.74. The number of carboxylic acids is 1. The van der Waals surface area contributed by atoms with Gasteiger partial charge in [-0.15, -0.1) is 0 Å². The van der Waals surface area contributed by atoms with Crippen LogP contribution in [0.25, 0.3) is 0 Å². The second-order valence-corrected chi connectivity index (χ2v) is 10.6. The van der Waals surface area contributed by atoms with Crippen LogP contribution in [0, 0.1) is 5.41 Å². The SMILES string of the molecule is CC(C)(CCNC(=O)[C@H](CCCCN)NC(=O)OC1C=CCCCCC1)OCCC(C)(C)C(=O)O. The molecule has 0 saturated carbocycles. The van der Waals surface area contributed by atoms with Gasteiger partial charge in [0.2, 0.25) is 5.91 Å². The molecule has 0 fully saturated rings. The van der Waals surface area contributed by atoms with Gasteiger partial charge in [-0.3, -0.25) is 9.59 Å². The Kier molecular flexibility index (Phi) is 13.9. The molecule has 0 aromatic rings. The lowest BCUT2D eigenvalue weighted by Crippen LogP contribution is -2.48. The normalized spacial score (nSPS) is 17.7. The van der Waals surface area contributed by atoms with E-state index in [1.165, 1.54) is 0 Å². The minimum Gasteiger partial charge on any atom is -0.481 e. The van der Waals surface area contributed by atoms with Gasteiger partial charge in [0.05, 0.1) is 11.0 Å². The number of hydrogen-bond donors (Lipinski definition) is 4. The van der Waals surface area contributed by atoms with E-state index in [4.69, 9.17) is 15.2 Å². The number of unbranched alkanes of at least 4 members (excludes halogenated alkanes) is 1. The van der Waals surface area contributed by atoms with Crippen molar-refractivity contribution in [3.05, 3.63) is 12.2 Å². The molecule has 9 heteroatoms. The van der Waals surface area contributed by atoms with Crippen molar-refractivity contribution in [3.8, 4) is 0 Å². The van der Waals surface area contributed by atoms with E-state index >= 15 is 0 Å². The Morgan fingerprint density at radius 2 is 1.86 bits per heavy atom. The van der Waals surface area contributed by atoms with Crippen LogP contribution in [0.2, 0.25) is 0 Å². The summed E-state index contributed by atoms with van der Waals surface area (Å²) in [5, 5.41) is 14.9. The highest BCUT2D eigenvalue weighted by atomic mass is 16.6. The van der Waals surface area contributed by atoms with Crippen molar-refractivity contribution in [2.45, 2.75) is 110 Å². The van der Waals surface area contributed by atoms with Crippen LogP contribution in [0.3, 0.4) is 0 Å². The predicted octanol–water partition coefficient (Wildman–Crippen LogP) is 3.90. The van der Waals surface area contributed by atoms with Crippen LogP contribution >= 0.6 is 0 Å². The number of aliphatic carboxylic acids is 1. The Morgan fingerprint density at radius 1 is 1.11 bits per heavy atom. The molecule has 0 saturated heterocycles. The molecule has 0 bridgehead atoms. The third-order valence-electron chi connectivity index (χ3n) is 6.35. The lowest BCUT2D eigenvalue weighted by molar-refractivity contribution is -0.149. The summed E-state index contributed by atoms with van der Waals surface area (Å²) in [6.07, 6.45) is 11.1. The molecule has 1 aliphatic rings. The Morgan fingerprint density at radius 3 is 2.54 bits per heavy atom. The molecule has 9 nitrogen and oxygen atoms in total. The van der Waals surface area contributed by atoms with E-state index in [1.54, 1.807) is 13.8 Å². The fourth-order valence-electron chi connectivity index (χ4n) is 3.67. The maximum Gasteiger partial charge on any atom is 0.408 e. The van der Waals surface area contributed by atoms with E-state index < -0.39 is 29.1 Å². The number of alkyl carbamates (subject to hydrolysis) is 1. The number of carbonyl (C=O) groups is 3. The standard InChI is InChI=1S/C26H47N3O6/c1-25(2,23(31)32)16-19-34-26(3,4)15-18-28-22(30)21(14-10-11-17-27)29-24(33)35-20-12-8-6-5-7-9-13-20/h8,12,20-21H,5-7,9-11,13-19,27H2,1-4H3,(H,28,30)(H,29,33)(H,31,32)/t20?,21-/m0/s1. The van der Waals surface area contributed by atoms with Gasteiger partial charge in [0.15, 0.2) is 0 Å². The third-order valence-corrected chi connectivity index (χ3v) is 6.35. The van der Waals surface area contributed by atoms with Crippen LogP contribution in [0.4, 0.5) is 4.79 Å². The van der Waals surface area contributed by atoms with Crippen LogP contribution in [0.15, 0.2) is 12.2 Å². The largest absolute Gasteiger partial charge is 0.481 e. The van der Waals surface area contributed by atoms with Crippen molar-refractivity contribution in [2.75, 3.05) is 19.7 Å². The highest BCUT2D eigenvalue weighted by Gasteiger charge is 2.29. The summed E-state index contributed by atoms with van der Waals surface area (Å²) in [6.45, 7) is 8.35. The zero-order valence-electron chi connectivity index (χ0n) is 22.1. The van der Waals surface area contributed by atoms with Crippen molar-refractivity contribution in [3.63, 3.8) is 0 Å². The first kappa shape index (κ1) is 30.9. The molecular weight excluding hydrogens is 450 g/mol. The molecule has 2 atom stereocenters. The zero-order valence-corrected chi connectivity index (χ0v) is 22.1. The lowest BCUT2D eigenvalue weighted by atomic mass is 9.90. The van der Waals surface area contributed by atoms with Crippen LogP contribution in [0.1, 0.15) is 91.9 Å². The zero-order chi connectivity index (χ0) is 26.3. The molecule has 5 N–H and O–H groups in total. The van der Waals surface area contributed by atoms with Crippen molar-refractivity contribution in [1.82, 2.24) is 10.6 Å². The first-order chi connectivity index (χ1) is 16.5. The molecule has 202 valence electrons. The van der Waals surface area contributed by atoms with Crippen LogP contribution in [-0.4, -0.2) is 60.5 Å². The first-order valence-electron chi connectivity index (χ1n) is 13.0. The molecule has 0 aromatic carbocycles. The van der Waals surface area contributed by atoms with E-state index in [9.17, 15) is 19.5 Å². The van der Waals surface area contributed by atoms with Gasteiger partial charge in [-0.25, -0.2) is 4.79 Å². The smallest absolute Gasteiger partial charge is 0.408 e. The summed E-state index contributed by atoms with van der Waals surface area (Å²) < 4.78 is 11.4. The van der Waals surface area contributed by atoms with Gasteiger partial charge in [0.25, 0.3) is 0 Å². The van der Waals surface area contributed by atoms with Gasteiger partial charge in [-0.2, -0.15) is 0 Å². The maximum atomic E-state index is 12.8. The number of ether oxygens (including phenoxy) is 2. The van der Waals surface area contributed by atoms with E-state index in [0.717, 1.165) is 38.5 Å². The Labute approximate surface area is 210 Å². The summed E-state index contributed by atoms with van der Waals surface area (Å²) in [5.41, 5.74) is 4.20. The minimum atomic E-state index is -0.858. The first-order valence-corrected chi connectivity index (χ1v) is 13.0. The van der Waals surface area contributed by atoms with Gasteiger partial charge in [0.1, 0.15) is 12.1 Å². The summed E-state index contributed by atoms with van der Waals surface area (Å²) >= 11 is 0.